The summed E-state index contributed by atoms with van der Waals surface area (Å²) in [6.07, 6.45) is -0.849. The summed E-state index contributed by atoms with van der Waals surface area (Å²) in [4.78, 5) is 48.6. The predicted octanol–water partition coefficient (Wildman–Crippen LogP) is -0.319. The molecule has 1 aliphatic heterocycles. The lowest BCUT2D eigenvalue weighted by atomic mass is 9.92. The third-order valence-electron chi connectivity index (χ3n) is 4.70. The van der Waals surface area contributed by atoms with Gasteiger partial charge in [0.25, 0.3) is 0 Å². The van der Waals surface area contributed by atoms with Crippen LogP contribution in [0, 0.1) is 23.8 Å². The summed E-state index contributed by atoms with van der Waals surface area (Å²) in [5, 5.41) is 2.66. The Bertz CT molecular complexity index is 891. The average molecular weight is 550 g/mol. The zero-order valence-corrected chi connectivity index (χ0v) is 21.8. The zero-order valence-electron chi connectivity index (χ0n) is 19.1. The minimum Gasteiger partial charge on any atom is -0.367 e. The van der Waals surface area contributed by atoms with Crippen molar-refractivity contribution in [1.82, 2.24) is 10.1 Å². The van der Waals surface area contributed by atoms with Gasteiger partial charge in [-0.05, 0) is 12.0 Å². The number of amides is 1. The van der Waals surface area contributed by atoms with E-state index >= 15 is 0 Å². The Balaban J connectivity index is 2.54. The molecule has 1 rings (SSSR count). The summed E-state index contributed by atoms with van der Waals surface area (Å²) in [5.74, 6) is 2.44. The third kappa shape index (κ3) is 11.8. The Morgan fingerprint density at radius 2 is 1.76 bits per heavy atom. The smallest absolute Gasteiger partial charge is 0.367 e. The highest BCUT2D eigenvalue weighted by Gasteiger charge is 2.44. The molecule has 34 heavy (non-hydrogen) atoms. The third-order valence-corrected chi connectivity index (χ3v) is 8.50. The molecular formula is C15H30BN2O13P3. The average Bonchev–Trinajstić information content (AvgIpc) is 2.97. The number of hydrogen-bond acceptors (Lipinski definition) is 10. The molecule has 0 aliphatic carbocycles. The number of nitrogens with one attached hydrogen (secondary N) is 1. The van der Waals surface area contributed by atoms with E-state index in [9.17, 15) is 28.3 Å². The van der Waals surface area contributed by atoms with Gasteiger partial charge in [-0.3, -0.25) is 9.32 Å². The van der Waals surface area contributed by atoms with Gasteiger partial charge >= 0.3 is 23.5 Å². The molecule has 0 bridgehead atoms. The van der Waals surface area contributed by atoms with Gasteiger partial charge in [-0.25, -0.2) is 13.7 Å². The van der Waals surface area contributed by atoms with E-state index in [-0.39, 0.29) is 24.3 Å². The zero-order chi connectivity index (χ0) is 26.2. The second-order valence-electron chi connectivity index (χ2n) is 7.33. The fourth-order valence-electron chi connectivity index (χ4n) is 2.86. The van der Waals surface area contributed by atoms with Gasteiger partial charge in [-0.2, -0.15) is 8.62 Å². The second-order valence-corrected chi connectivity index (χ2v) is 11.7. The first-order valence-electron chi connectivity index (χ1n) is 10.1. The van der Waals surface area contributed by atoms with Crippen LogP contribution in [0.1, 0.15) is 27.2 Å². The molecule has 15 nitrogen and oxygen atoms in total. The van der Waals surface area contributed by atoms with Crippen molar-refractivity contribution >= 4 is 37.4 Å². The molecular weight excluding hydrogens is 520 g/mol. The van der Waals surface area contributed by atoms with Crippen LogP contribution in [0.3, 0.4) is 0 Å². The first-order chi connectivity index (χ1) is 15.6. The number of hydrogen-bond donors (Lipinski definition) is 5. The van der Waals surface area contributed by atoms with Gasteiger partial charge in [0.2, 0.25) is 13.9 Å². The molecule has 19 heteroatoms. The SMILES string of the molecule is BN(C#CCOCCNC(=O)CC)[C@@H]1O[C@H](COP(=O)(O)OP(=O)(O)OP(=O)(O)O)C(C)[C@@H]1C. The molecule has 1 fully saturated rings. The molecule has 1 aliphatic rings. The van der Waals surface area contributed by atoms with Crippen LogP contribution in [0.4, 0.5) is 0 Å². The second kappa shape index (κ2) is 13.5. The lowest BCUT2D eigenvalue weighted by Gasteiger charge is -2.24. The minimum atomic E-state index is -5.58. The fraction of sp³-hybridized carbons (Fsp3) is 0.800. The highest BCUT2D eigenvalue weighted by Crippen LogP contribution is 2.66. The molecule has 1 saturated heterocycles. The van der Waals surface area contributed by atoms with Crippen LogP contribution in [-0.2, 0) is 41.1 Å². The van der Waals surface area contributed by atoms with E-state index in [0.717, 1.165) is 0 Å². The summed E-state index contributed by atoms with van der Waals surface area (Å²) in [7, 11) is -14.6. The van der Waals surface area contributed by atoms with Crippen LogP contribution in [0.25, 0.3) is 0 Å². The monoisotopic (exact) mass is 550 g/mol. The first kappa shape index (κ1) is 31.3. The van der Waals surface area contributed by atoms with Crippen molar-refractivity contribution in [1.29, 1.82) is 0 Å². The van der Waals surface area contributed by atoms with E-state index in [2.05, 4.69) is 30.4 Å². The van der Waals surface area contributed by atoms with E-state index in [1.165, 1.54) is 0 Å². The van der Waals surface area contributed by atoms with Crippen LogP contribution in [0.2, 0.25) is 0 Å². The van der Waals surface area contributed by atoms with Crippen LogP contribution in [-0.4, -0.2) is 77.0 Å². The molecule has 196 valence electrons. The van der Waals surface area contributed by atoms with Crippen molar-refractivity contribution in [3.8, 4) is 12.0 Å². The number of rotatable bonds is 13. The minimum absolute atomic E-state index is 0.0709. The molecule has 0 saturated carbocycles. The molecule has 1 amide bonds. The molecule has 0 aromatic carbocycles. The predicted molar refractivity (Wildman–Crippen MR) is 119 cm³/mol. The van der Waals surface area contributed by atoms with Gasteiger partial charge in [-0.1, -0.05) is 26.7 Å². The Labute approximate surface area is 198 Å². The normalized spacial score (nSPS) is 26.1. The number of carbonyl (C=O) groups is 1. The lowest BCUT2D eigenvalue weighted by molar-refractivity contribution is -0.121. The number of nitrogens with zero attached hydrogens (tertiary/aromatic N) is 1. The summed E-state index contributed by atoms with van der Waals surface area (Å²) in [6.45, 7) is 5.69. The van der Waals surface area contributed by atoms with Crippen molar-refractivity contribution in [3.05, 3.63) is 0 Å². The Hall–Kier alpha value is -0.775. The molecule has 3 unspecified atom stereocenters. The topological polar surface area (TPSA) is 211 Å². The molecule has 5 N–H and O–H groups in total. The van der Waals surface area contributed by atoms with Crippen LogP contribution in [0.15, 0.2) is 0 Å². The van der Waals surface area contributed by atoms with Gasteiger partial charge in [0, 0.05) is 18.9 Å². The van der Waals surface area contributed by atoms with Crippen LogP contribution < -0.4 is 5.32 Å². The summed E-state index contributed by atoms with van der Waals surface area (Å²) in [6, 6.07) is 2.85. The lowest BCUT2D eigenvalue weighted by Crippen LogP contribution is -2.33. The van der Waals surface area contributed by atoms with Gasteiger partial charge in [0.1, 0.15) is 12.8 Å². The Morgan fingerprint density at radius 1 is 1.12 bits per heavy atom. The molecule has 0 aromatic rings. The largest absolute Gasteiger partial charge is 0.490 e. The summed E-state index contributed by atoms with van der Waals surface area (Å²) in [5.41, 5.74) is 0. The van der Waals surface area contributed by atoms with Crippen LogP contribution in [0.5, 0.6) is 0 Å². The van der Waals surface area contributed by atoms with E-state index in [4.69, 9.17) is 19.3 Å². The fourth-order valence-corrected chi connectivity index (χ4v) is 5.89. The number of carbonyl (C=O) groups excluding carboxylic acids is 1. The highest BCUT2D eigenvalue weighted by atomic mass is 31.3. The van der Waals surface area contributed by atoms with Crippen molar-refractivity contribution in [2.24, 2.45) is 11.8 Å². The van der Waals surface area contributed by atoms with E-state index in [1.807, 2.05) is 6.92 Å². The Kier molecular flexibility index (Phi) is 12.4. The number of ether oxygens (including phenoxy) is 2. The maximum atomic E-state index is 11.9. The van der Waals surface area contributed by atoms with Gasteiger partial charge < -0.3 is 39.2 Å². The van der Waals surface area contributed by atoms with Gasteiger partial charge in [-0.15, -0.1) is 0 Å². The Morgan fingerprint density at radius 3 is 2.35 bits per heavy atom. The maximum Gasteiger partial charge on any atom is 0.490 e. The summed E-state index contributed by atoms with van der Waals surface area (Å²) < 4.78 is 57.1. The highest BCUT2D eigenvalue weighted by molar-refractivity contribution is 7.66. The number of phosphoric ester groups is 1. The van der Waals surface area contributed by atoms with Gasteiger partial charge in [0.15, 0.2) is 0 Å². The standard InChI is InChI=1S/C15H30BN2O13P3/c1-4-14(19)17-6-9-27-8-5-7-18(16)15-12(3)11(2)13(29-15)10-28-33(23,24)31-34(25,26)30-32(20,21)22/h11-13,15H,4,6,8-10,16H2,1-3H3,(H,17,19)(H,23,24)(H,25,26)(H2,20,21,22)/t11?,12-,13+,15+/m0/s1. The quantitative estimate of drug-likeness (QED) is 0.0655. The van der Waals surface area contributed by atoms with Gasteiger partial charge in [0.05, 0.1) is 19.3 Å². The molecule has 1 heterocycles. The number of phosphoric acid groups is 3. The van der Waals surface area contributed by atoms with Crippen molar-refractivity contribution < 1.29 is 60.7 Å². The maximum absolute atomic E-state index is 11.9. The van der Waals surface area contributed by atoms with E-state index < -0.39 is 42.4 Å². The van der Waals surface area contributed by atoms with Crippen molar-refractivity contribution in [2.75, 3.05) is 26.4 Å². The van der Waals surface area contributed by atoms with Crippen molar-refractivity contribution in [2.45, 2.75) is 39.5 Å². The molecule has 6 atom stereocenters. The van der Waals surface area contributed by atoms with E-state index in [1.54, 1.807) is 26.6 Å². The van der Waals surface area contributed by atoms with Crippen LogP contribution >= 0.6 is 23.5 Å². The molecule has 0 radical (unpaired) electrons. The first-order valence-corrected chi connectivity index (χ1v) is 14.6. The molecule has 0 aromatic heterocycles. The van der Waals surface area contributed by atoms with E-state index in [0.29, 0.717) is 19.6 Å². The summed E-state index contributed by atoms with van der Waals surface area (Å²) >= 11 is 0. The van der Waals surface area contributed by atoms with Crippen molar-refractivity contribution in [3.63, 3.8) is 0 Å². The molecule has 0 spiro atoms.